The molecule has 0 radical (unpaired) electrons. The summed E-state index contributed by atoms with van der Waals surface area (Å²) in [5, 5.41) is 0. The first-order valence-electron chi connectivity index (χ1n) is 11.6. The van der Waals surface area contributed by atoms with E-state index in [2.05, 4.69) is 26.5 Å². The molecule has 2 aliphatic carbocycles. The smallest absolute Gasteiger partial charge is 0.147 e. The molecule has 0 aromatic carbocycles. The van der Waals surface area contributed by atoms with Crippen molar-refractivity contribution in [3.63, 3.8) is 0 Å². The van der Waals surface area contributed by atoms with Crippen molar-refractivity contribution >= 4 is 0 Å². The first-order chi connectivity index (χ1) is 13.6. The second kappa shape index (κ2) is 9.16. The summed E-state index contributed by atoms with van der Waals surface area (Å²) in [6.07, 6.45) is 13.4. The third-order valence-corrected chi connectivity index (χ3v) is 8.33. The predicted molar refractivity (Wildman–Crippen MR) is 110 cm³/mol. The van der Waals surface area contributed by atoms with Crippen molar-refractivity contribution < 1.29 is 18.9 Å². The van der Waals surface area contributed by atoms with E-state index >= 15 is 0 Å². The zero-order valence-electron chi connectivity index (χ0n) is 17.9. The predicted octanol–water partition coefficient (Wildman–Crippen LogP) is 4.97. The van der Waals surface area contributed by atoms with Crippen LogP contribution in [-0.4, -0.2) is 44.9 Å². The molecule has 0 spiro atoms. The fraction of sp³-hybridized carbons (Fsp3) is 0.917. The summed E-state index contributed by atoms with van der Waals surface area (Å²) in [7, 11) is 0. The van der Waals surface area contributed by atoms with Gasteiger partial charge in [0.25, 0.3) is 0 Å². The molecular weight excluding hydrogens is 352 g/mol. The summed E-state index contributed by atoms with van der Waals surface area (Å²) >= 11 is 0. The molecule has 4 heteroatoms. The van der Waals surface area contributed by atoms with Crippen LogP contribution in [0.2, 0.25) is 0 Å². The minimum absolute atomic E-state index is 0.303. The van der Waals surface area contributed by atoms with E-state index in [0.29, 0.717) is 42.4 Å². The van der Waals surface area contributed by atoms with Crippen LogP contribution in [0.5, 0.6) is 0 Å². The van der Waals surface area contributed by atoms with Crippen molar-refractivity contribution in [3.05, 3.63) is 12.7 Å². The van der Waals surface area contributed by atoms with E-state index in [-0.39, 0.29) is 0 Å². The standard InChI is InChI=1S/C24H40O4/c1-4-5-17-12-19(8-11-22(17)23-15-25-16-28-23)24(2,3)18-6-9-20(10-7-18)26-13-21-14-27-21/h4,17-23H,1,5-16H2,2-3H3. The van der Waals surface area contributed by atoms with Crippen LogP contribution in [0, 0.1) is 29.1 Å². The summed E-state index contributed by atoms with van der Waals surface area (Å²) in [6.45, 7) is 12.1. The molecule has 5 unspecified atom stereocenters. The molecule has 0 N–H and O–H groups in total. The van der Waals surface area contributed by atoms with Crippen LogP contribution in [0.4, 0.5) is 0 Å². The van der Waals surface area contributed by atoms with Crippen LogP contribution in [0.25, 0.3) is 0 Å². The monoisotopic (exact) mass is 392 g/mol. The van der Waals surface area contributed by atoms with Gasteiger partial charge in [-0.1, -0.05) is 19.9 Å². The summed E-state index contributed by atoms with van der Waals surface area (Å²) in [4.78, 5) is 0. The Morgan fingerprint density at radius 2 is 1.75 bits per heavy atom. The molecular formula is C24H40O4. The topological polar surface area (TPSA) is 40.2 Å². The third kappa shape index (κ3) is 4.83. The maximum absolute atomic E-state index is 6.07. The second-order valence-electron chi connectivity index (χ2n) is 10.2. The van der Waals surface area contributed by atoms with Gasteiger partial charge in [-0.15, -0.1) is 6.58 Å². The number of rotatable bonds is 8. The van der Waals surface area contributed by atoms with Crippen molar-refractivity contribution in [1.29, 1.82) is 0 Å². The van der Waals surface area contributed by atoms with Crippen LogP contribution >= 0.6 is 0 Å². The van der Waals surface area contributed by atoms with E-state index in [1.54, 1.807) is 0 Å². The first-order valence-corrected chi connectivity index (χ1v) is 11.6. The fourth-order valence-corrected chi connectivity index (χ4v) is 6.25. The normalized spacial score (nSPS) is 41.7. The van der Waals surface area contributed by atoms with Gasteiger partial charge in [-0.2, -0.15) is 0 Å². The van der Waals surface area contributed by atoms with E-state index in [0.717, 1.165) is 38.1 Å². The number of hydrogen-bond donors (Lipinski definition) is 0. The lowest BCUT2D eigenvalue weighted by molar-refractivity contribution is -0.0431. The highest BCUT2D eigenvalue weighted by atomic mass is 16.7. The van der Waals surface area contributed by atoms with Crippen LogP contribution in [0.1, 0.15) is 65.2 Å². The van der Waals surface area contributed by atoms with E-state index in [4.69, 9.17) is 18.9 Å². The van der Waals surface area contributed by atoms with Gasteiger partial charge in [-0.05, 0) is 80.5 Å². The molecule has 2 heterocycles. The minimum atomic E-state index is 0.303. The van der Waals surface area contributed by atoms with Crippen LogP contribution in [0.3, 0.4) is 0 Å². The molecule has 2 saturated heterocycles. The Morgan fingerprint density at radius 1 is 1.00 bits per heavy atom. The van der Waals surface area contributed by atoms with Crippen molar-refractivity contribution in [1.82, 2.24) is 0 Å². The van der Waals surface area contributed by atoms with Crippen LogP contribution in [-0.2, 0) is 18.9 Å². The maximum atomic E-state index is 6.07. The van der Waals surface area contributed by atoms with Crippen molar-refractivity contribution in [2.75, 3.05) is 26.6 Å². The average Bonchev–Trinajstić information content (AvgIpc) is 3.38. The zero-order valence-corrected chi connectivity index (χ0v) is 17.9. The van der Waals surface area contributed by atoms with Crippen molar-refractivity contribution in [2.45, 2.75) is 83.5 Å². The lowest BCUT2D eigenvalue weighted by Gasteiger charge is -2.49. The molecule has 4 nitrogen and oxygen atoms in total. The molecule has 160 valence electrons. The SMILES string of the molecule is C=CCC1CC(C(C)(C)C2CCC(OCC3CO3)CC2)CCC1C1COCO1. The quantitative estimate of drug-likeness (QED) is 0.432. The fourth-order valence-electron chi connectivity index (χ4n) is 6.25. The summed E-state index contributed by atoms with van der Waals surface area (Å²) < 4.78 is 22.7. The number of epoxide rings is 1. The van der Waals surface area contributed by atoms with Gasteiger partial charge in [0.2, 0.25) is 0 Å². The minimum Gasteiger partial charge on any atom is -0.375 e. The number of allylic oxidation sites excluding steroid dienone is 1. The average molecular weight is 393 g/mol. The van der Waals surface area contributed by atoms with E-state index in [9.17, 15) is 0 Å². The molecule has 0 aromatic heterocycles. The van der Waals surface area contributed by atoms with Gasteiger partial charge in [-0.25, -0.2) is 0 Å². The molecule has 0 aromatic rings. The molecule has 0 amide bonds. The van der Waals surface area contributed by atoms with Gasteiger partial charge in [-0.3, -0.25) is 0 Å². The van der Waals surface area contributed by atoms with Crippen LogP contribution in [0.15, 0.2) is 12.7 Å². The highest BCUT2D eigenvalue weighted by molar-refractivity contribution is 4.96. The van der Waals surface area contributed by atoms with Gasteiger partial charge in [0.1, 0.15) is 12.9 Å². The molecule has 0 bridgehead atoms. The van der Waals surface area contributed by atoms with Gasteiger partial charge < -0.3 is 18.9 Å². The highest BCUT2D eigenvalue weighted by Crippen LogP contribution is 2.52. The van der Waals surface area contributed by atoms with Crippen molar-refractivity contribution in [2.24, 2.45) is 29.1 Å². The Balaban J connectivity index is 1.31. The maximum Gasteiger partial charge on any atom is 0.147 e. The lowest BCUT2D eigenvalue weighted by Crippen LogP contribution is -2.42. The molecule has 2 aliphatic heterocycles. The van der Waals surface area contributed by atoms with Crippen molar-refractivity contribution in [3.8, 4) is 0 Å². The lowest BCUT2D eigenvalue weighted by atomic mass is 9.57. The highest BCUT2D eigenvalue weighted by Gasteiger charge is 2.45. The molecule has 2 saturated carbocycles. The van der Waals surface area contributed by atoms with Gasteiger partial charge in [0.15, 0.2) is 0 Å². The zero-order chi connectivity index (χ0) is 19.6. The molecule has 28 heavy (non-hydrogen) atoms. The molecule has 4 rings (SSSR count). The Labute approximate surface area is 171 Å². The Morgan fingerprint density at radius 3 is 2.39 bits per heavy atom. The Kier molecular flexibility index (Phi) is 6.81. The van der Waals surface area contributed by atoms with E-state index in [1.165, 1.54) is 44.9 Å². The van der Waals surface area contributed by atoms with Gasteiger partial charge in [0.05, 0.1) is 32.0 Å². The van der Waals surface area contributed by atoms with E-state index < -0.39 is 0 Å². The molecule has 4 aliphatic rings. The summed E-state index contributed by atoms with van der Waals surface area (Å²) in [6, 6.07) is 0. The summed E-state index contributed by atoms with van der Waals surface area (Å²) in [5.41, 5.74) is 0.405. The Bertz CT molecular complexity index is 501. The van der Waals surface area contributed by atoms with E-state index in [1.807, 2.05) is 0 Å². The second-order valence-corrected chi connectivity index (χ2v) is 10.2. The number of ether oxygens (including phenoxy) is 4. The molecule has 4 fully saturated rings. The summed E-state index contributed by atoms with van der Waals surface area (Å²) in [5.74, 6) is 2.96. The first kappa shape index (κ1) is 20.8. The van der Waals surface area contributed by atoms with Crippen LogP contribution < -0.4 is 0 Å². The largest absolute Gasteiger partial charge is 0.375 e. The van der Waals surface area contributed by atoms with Gasteiger partial charge in [0, 0.05) is 0 Å². The van der Waals surface area contributed by atoms with Gasteiger partial charge >= 0.3 is 0 Å². The Hall–Kier alpha value is -0.420. The number of hydrogen-bond acceptors (Lipinski definition) is 4. The molecule has 5 atom stereocenters. The third-order valence-electron chi connectivity index (χ3n) is 8.33.